The average molecular weight is 552 g/mol. The van der Waals surface area contributed by atoms with Gasteiger partial charge in [0.05, 0.1) is 30.5 Å². The van der Waals surface area contributed by atoms with Crippen molar-refractivity contribution < 1.29 is 23.5 Å². The Bertz CT molecular complexity index is 1590. The molecule has 10 heteroatoms. The SMILES string of the molecule is N#CC(C(=O)Nc1ccccc1)C(=O)C1=C2Oc3cc(CN4CCOCC4)cc(F)c3C=C2N(c2ccccc2)N1. The first-order chi connectivity index (χ1) is 20.0. The van der Waals surface area contributed by atoms with Crippen molar-refractivity contribution in [2.45, 2.75) is 6.54 Å². The quantitative estimate of drug-likeness (QED) is 0.425. The van der Waals surface area contributed by atoms with Crippen LogP contribution in [0.4, 0.5) is 15.8 Å². The van der Waals surface area contributed by atoms with Gasteiger partial charge in [-0.15, -0.1) is 0 Å². The molecule has 0 saturated carbocycles. The molecule has 6 rings (SSSR count). The number of carbonyl (C=O) groups excluding carboxylic acids is 2. The smallest absolute Gasteiger partial charge is 0.249 e. The second-order valence-electron chi connectivity index (χ2n) is 9.78. The Kier molecular flexibility index (Phi) is 7.20. The van der Waals surface area contributed by atoms with E-state index >= 15 is 4.39 Å². The fourth-order valence-electron chi connectivity index (χ4n) is 4.98. The third kappa shape index (κ3) is 5.28. The third-order valence-electron chi connectivity index (χ3n) is 7.03. The van der Waals surface area contributed by atoms with Crippen LogP contribution < -0.4 is 20.5 Å². The number of rotatable bonds is 7. The minimum Gasteiger partial charge on any atom is -0.452 e. The lowest BCUT2D eigenvalue weighted by atomic mass is 9.99. The van der Waals surface area contributed by atoms with Crippen LogP contribution in [-0.4, -0.2) is 42.9 Å². The van der Waals surface area contributed by atoms with E-state index in [2.05, 4.69) is 15.6 Å². The van der Waals surface area contributed by atoms with Crippen molar-refractivity contribution in [1.29, 1.82) is 5.26 Å². The first-order valence-corrected chi connectivity index (χ1v) is 13.2. The average Bonchev–Trinajstić information content (AvgIpc) is 3.36. The Hall–Kier alpha value is -4.98. The fraction of sp³-hybridized carbons (Fsp3) is 0.194. The molecule has 3 aromatic rings. The summed E-state index contributed by atoms with van der Waals surface area (Å²) in [6.07, 6.45) is 1.60. The number of hydrazine groups is 1. The number of nitrogens with zero attached hydrogens (tertiary/aromatic N) is 3. The van der Waals surface area contributed by atoms with E-state index in [0.29, 0.717) is 36.8 Å². The molecule has 1 unspecified atom stereocenters. The van der Waals surface area contributed by atoms with Crippen LogP contribution >= 0.6 is 0 Å². The highest BCUT2D eigenvalue weighted by atomic mass is 19.1. The van der Waals surface area contributed by atoms with E-state index in [1.54, 1.807) is 59.6 Å². The Morgan fingerprint density at radius 1 is 1.05 bits per heavy atom. The van der Waals surface area contributed by atoms with Crippen molar-refractivity contribution >= 4 is 29.1 Å². The zero-order chi connectivity index (χ0) is 28.3. The number of allylic oxidation sites excluding steroid dienone is 1. The molecule has 9 nitrogen and oxygen atoms in total. The zero-order valence-electron chi connectivity index (χ0n) is 22.0. The number of morpholine rings is 1. The van der Waals surface area contributed by atoms with Crippen LogP contribution in [0.25, 0.3) is 6.08 Å². The number of anilines is 2. The summed E-state index contributed by atoms with van der Waals surface area (Å²) in [5.74, 6) is -3.29. The molecule has 206 valence electrons. The van der Waals surface area contributed by atoms with Crippen molar-refractivity contribution in [3.8, 4) is 11.8 Å². The number of nitrogens with one attached hydrogen (secondary N) is 2. The predicted octanol–water partition coefficient (Wildman–Crippen LogP) is 3.98. The predicted molar refractivity (Wildman–Crippen MR) is 149 cm³/mol. The van der Waals surface area contributed by atoms with E-state index in [4.69, 9.17) is 9.47 Å². The van der Waals surface area contributed by atoms with Gasteiger partial charge in [-0.1, -0.05) is 36.4 Å². The minimum atomic E-state index is -1.66. The number of nitriles is 1. The number of ketones is 1. The van der Waals surface area contributed by atoms with Crippen molar-refractivity contribution in [2.24, 2.45) is 5.92 Å². The Labute approximate surface area is 236 Å². The number of carbonyl (C=O) groups is 2. The van der Waals surface area contributed by atoms with Gasteiger partial charge in [0.2, 0.25) is 11.7 Å². The number of Topliss-reactive ketones (excluding diaryl/α,β-unsaturated/α-hetero) is 1. The molecular weight excluding hydrogens is 525 g/mol. The molecule has 1 saturated heterocycles. The molecule has 0 aliphatic carbocycles. The molecule has 0 bridgehead atoms. The molecule has 3 aliphatic heterocycles. The van der Waals surface area contributed by atoms with Gasteiger partial charge in [-0.05, 0) is 48.0 Å². The number of ether oxygens (including phenoxy) is 2. The number of fused-ring (bicyclic) bond motifs is 2. The van der Waals surface area contributed by atoms with Crippen LogP contribution in [-0.2, 0) is 20.9 Å². The van der Waals surface area contributed by atoms with Gasteiger partial charge < -0.3 is 14.8 Å². The Morgan fingerprint density at radius 2 is 1.76 bits per heavy atom. The molecule has 1 fully saturated rings. The van der Waals surface area contributed by atoms with Crippen molar-refractivity contribution in [1.82, 2.24) is 10.3 Å². The van der Waals surface area contributed by atoms with E-state index in [-0.39, 0.29) is 22.8 Å². The number of para-hydroxylation sites is 2. The molecule has 2 N–H and O–H groups in total. The first kappa shape index (κ1) is 26.3. The number of benzene rings is 3. The van der Waals surface area contributed by atoms with Gasteiger partial charge in [0.15, 0.2) is 11.7 Å². The maximum atomic E-state index is 15.4. The zero-order valence-corrected chi connectivity index (χ0v) is 22.0. The lowest BCUT2D eigenvalue weighted by Crippen LogP contribution is -2.37. The summed E-state index contributed by atoms with van der Waals surface area (Å²) in [6.45, 7) is 3.23. The van der Waals surface area contributed by atoms with Crippen LogP contribution in [0.1, 0.15) is 11.1 Å². The van der Waals surface area contributed by atoms with E-state index in [0.717, 1.165) is 18.7 Å². The van der Waals surface area contributed by atoms with Crippen LogP contribution in [0.2, 0.25) is 0 Å². The van der Waals surface area contributed by atoms with E-state index in [9.17, 15) is 14.9 Å². The number of amides is 1. The molecule has 3 heterocycles. The van der Waals surface area contributed by atoms with Gasteiger partial charge in [-0.3, -0.25) is 24.9 Å². The summed E-state index contributed by atoms with van der Waals surface area (Å²) in [4.78, 5) is 28.9. The monoisotopic (exact) mass is 551 g/mol. The van der Waals surface area contributed by atoms with Gasteiger partial charge in [0.1, 0.15) is 23.0 Å². The Morgan fingerprint density at radius 3 is 2.46 bits per heavy atom. The maximum Gasteiger partial charge on any atom is 0.249 e. The minimum absolute atomic E-state index is 0.0699. The highest BCUT2D eigenvalue weighted by Gasteiger charge is 2.41. The summed E-state index contributed by atoms with van der Waals surface area (Å²) in [6, 6.07) is 22.7. The molecular formula is C31H26FN5O4. The van der Waals surface area contributed by atoms with Crippen LogP contribution in [0, 0.1) is 23.1 Å². The van der Waals surface area contributed by atoms with Crippen molar-refractivity contribution in [3.63, 3.8) is 0 Å². The third-order valence-corrected chi connectivity index (χ3v) is 7.03. The van der Waals surface area contributed by atoms with Gasteiger partial charge in [-0.2, -0.15) is 5.26 Å². The molecule has 0 radical (unpaired) electrons. The lowest BCUT2D eigenvalue weighted by molar-refractivity contribution is -0.126. The number of hydrogen-bond donors (Lipinski definition) is 2. The molecule has 0 aromatic heterocycles. The number of hydrogen-bond acceptors (Lipinski definition) is 8. The summed E-state index contributed by atoms with van der Waals surface area (Å²) >= 11 is 0. The van der Waals surface area contributed by atoms with Crippen LogP contribution in [0.15, 0.2) is 89.9 Å². The van der Waals surface area contributed by atoms with Crippen LogP contribution in [0.5, 0.6) is 5.75 Å². The molecule has 1 atom stereocenters. The summed E-state index contributed by atoms with van der Waals surface area (Å²) in [5, 5.41) is 14.1. The molecule has 41 heavy (non-hydrogen) atoms. The highest BCUT2D eigenvalue weighted by molar-refractivity contribution is 6.16. The van der Waals surface area contributed by atoms with Crippen molar-refractivity contribution in [3.05, 3.63) is 107 Å². The van der Waals surface area contributed by atoms with Gasteiger partial charge in [0.25, 0.3) is 0 Å². The fourth-order valence-corrected chi connectivity index (χ4v) is 4.98. The van der Waals surface area contributed by atoms with E-state index in [1.807, 2.05) is 24.3 Å². The second-order valence-corrected chi connectivity index (χ2v) is 9.78. The Balaban J connectivity index is 1.36. The van der Waals surface area contributed by atoms with E-state index < -0.39 is 23.4 Å². The highest BCUT2D eigenvalue weighted by Crippen LogP contribution is 2.41. The van der Waals surface area contributed by atoms with E-state index in [1.165, 1.54) is 6.07 Å². The summed E-state index contributed by atoms with van der Waals surface area (Å²) in [7, 11) is 0. The molecule has 0 spiro atoms. The largest absolute Gasteiger partial charge is 0.452 e. The van der Waals surface area contributed by atoms with Gasteiger partial charge in [0, 0.05) is 25.3 Å². The molecule has 3 aliphatic rings. The maximum absolute atomic E-state index is 15.4. The first-order valence-electron chi connectivity index (χ1n) is 13.2. The molecule has 3 aromatic carbocycles. The summed E-state index contributed by atoms with van der Waals surface area (Å²) in [5.41, 5.74) is 5.39. The topological polar surface area (TPSA) is 107 Å². The summed E-state index contributed by atoms with van der Waals surface area (Å²) < 4.78 is 27.1. The molecule has 1 amide bonds. The second kappa shape index (κ2) is 11.3. The van der Waals surface area contributed by atoms with Crippen LogP contribution in [0.3, 0.4) is 0 Å². The van der Waals surface area contributed by atoms with Gasteiger partial charge in [-0.25, -0.2) is 4.39 Å². The normalized spacial score (nSPS) is 16.9. The lowest BCUT2D eigenvalue weighted by Gasteiger charge is -2.27. The number of halogens is 1. The standard InChI is InChI=1S/C31H26FN5O4/c32-25-15-20(19-36-11-13-40-14-12-36)16-27-23(25)17-26-30(41-27)28(35-37(26)22-9-5-2-6-10-22)29(38)24(18-33)31(39)34-21-7-3-1-4-8-21/h1-10,15-17,24,35H,11-14,19H2,(H,34,39). The van der Waals surface area contributed by atoms with Crippen molar-refractivity contribution in [2.75, 3.05) is 36.6 Å². The van der Waals surface area contributed by atoms with Gasteiger partial charge >= 0.3 is 0 Å².